The van der Waals surface area contributed by atoms with Crippen molar-refractivity contribution in [2.24, 2.45) is 0 Å². The first kappa shape index (κ1) is 19.4. The number of benzene rings is 1. The lowest BCUT2D eigenvalue weighted by Gasteiger charge is -2.37. The van der Waals surface area contributed by atoms with Crippen LogP contribution in [0.25, 0.3) is 22.4 Å². The predicted octanol–water partition coefficient (Wildman–Crippen LogP) is 4.36. The Morgan fingerprint density at radius 2 is 1.88 bits per heavy atom. The minimum Gasteiger partial charge on any atom is -0.429 e. The molecule has 0 radical (unpaired) electrons. The zero-order valence-corrected chi connectivity index (χ0v) is 17.8. The number of fused-ring (bicyclic) bond motifs is 2. The van der Waals surface area contributed by atoms with Crippen LogP contribution in [0.1, 0.15) is 46.5 Å². The van der Waals surface area contributed by atoms with E-state index in [1.165, 1.54) is 6.20 Å². The normalized spacial score (nSPS) is 17.8. The molecular weight excluding hydrogens is 416 g/mol. The Bertz CT molecular complexity index is 1460. The third-order valence-electron chi connectivity index (χ3n) is 6.02. The van der Waals surface area contributed by atoms with Crippen LogP contribution >= 0.6 is 0 Å². The summed E-state index contributed by atoms with van der Waals surface area (Å²) in [4.78, 5) is 36.5. The highest BCUT2D eigenvalue weighted by Gasteiger charge is 2.39. The Hall–Kier alpha value is -4.33. The van der Waals surface area contributed by atoms with Gasteiger partial charge < -0.3 is 14.3 Å². The molecule has 0 spiro atoms. The summed E-state index contributed by atoms with van der Waals surface area (Å²) in [6.07, 6.45) is 6.64. The van der Waals surface area contributed by atoms with Crippen LogP contribution in [0.4, 0.5) is 0 Å². The molecule has 33 heavy (non-hydrogen) atoms. The highest BCUT2D eigenvalue weighted by molar-refractivity contribution is 5.92. The van der Waals surface area contributed by atoms with Crippen LogP contribution in [0, 0.1) is 0 Å². The van der Waals surface area contributed by atoms with E-state index in [-0.39, 0.29) is 17.6 Å². The molecule has 4 aromatic heterocycles. The number of nitrogens with one attached hydrogen (secondary N) is 1. The Balaban J connectivity index is 1.43. The average molecular weight is 436 g/mol. The molecule has 1 aliphatic heterocycles. The number of imidazole rings is 1. The van der Waals surface area contributed by atoms with Gasteiger partial charge in [0.1, 0.15) is 11.7 Å². The number of pyridine rings is 2. The maximum absolute atomic E-state index is 13.7. The van der Waals surface area contributed by atoms with Crippen molar-refractivity contribution >= 4 is 16.7 Å². The molecule has 1 aliphatic rings. The fourth-order valence-electron chi connectivity index (χ4n) is 4.45. The molecule has 6 rings (SSSR count). The maximum Gasteiger partial charge on any atom is 0.292 e. The zero-order chi connectivity index (χ0) is 22.4. The van der Waals surface area contributed by atoms with Crippen molar-refractivity contribution in [2.75, 3.05) is 6.54 Å². The number of aromatic amines is 1. The van der Waals surface area contributed by atoms with E-state index in [0.29, 0.717) is 18.1 Å². The molecule has 5 heterocycles. The van der Waals surface area contributed by atoms with Crippen molar-refractivity contribution in [1.82, 2.24) is 29.8 Å². The number of oxazole rings is 1. The predicted molar refractivity (Wildman–Crippen MR) is 121 cm³/mol. The lowest BCUT2D eigenvalue weighted by atomic mass is 9.92. The van der Waals surface area contributed by atoms with Gasteiger partial charge in [0, 0.05) is 30.2 Å². The standard InChI is InChI=1S/C25H20N6O2/c1-15-13-31(25(32)20-12-28-24(33-20)18-8-4-5-9-26-18)23(22-21(15)29-14-30-22)19-10-16-6-2-3-7-17(16)11-27-19/h2-12,14-15,23H,13H2,1H3,(H,29,30)/t15-,23+/m0/s1. The van der Waals surface area contributed by atoms with Gasteiger partial charge in [-0.3, -0.25) is 14.8 Å². The molecule has 162 valence electrons. The number of hydrogen-bond donors (Lipinski definition) is 1. The van der Waals surface area contributed by atoms with Crippen LogP contribution in [0.3, 0.4) is 0 Å². The van der Waals surface area contributed by atoms with Crippen molar-refractivity contribution in [3.8, 4) is 11.6 Å². The molecule has 1 amide bonds. The Morgan fingerprint density at radius 1 is 1.03 bits per heavy atom. The number of amides is 1. The third-order valence-corrected chi connectivity index (χ3v) is 6.02. The monoisotopic (exact) mass is 436 g/mol. The van der Waals surface area contributed by atoms with Gasteiger partial charge in [-0.15, -0.1) is 0 Å². The lowest BCUT2D eigenvalue weighted by Crippen LogP contribution is -2.42. The van der Waals surface area contributed by atoms with E-state index in [0.717, 1.165) is 27.9 Å². The van der Waals surface area contributed by atoms with E-state index < -0.39 is 6.04 Å². The molecule has 5 aromatic rings. The molecule has 0 saturated carbocycles. The number of rotatable bonds is 3. The van der Waals surface area contributed by atoms with Crippen LogP contribution in [0.15, 0.2) is 77.9 Å². The topological polar surface area (TPSA) is 101 Å². The third kappa shape index (κ3) is 3.27. The minimum atomic E-state index is -0.417. The fourth-order valence-corrected chi connectivity index (χ4v) is 4.45. The highest BCUT2D eigenvalue weighted by Crippen LogP contribution is 2.39. The Kier molecular flexibility index (Phi) is 4.50. The molecule has 1 N–H and O–H groups in total. The molecule has 0 aliphatic carbocycles. The van der Waals surface area contributed by atoms with Gasteiger partial charge in [0.25, 0.3) is 5.91 Å². The number of hydrogen-bond acceptors (Lipinski definition) is 6. The SMILES string of the molecule is C[C@H]1CN(C(=O)c2cnc(-c3ccccn3)o2)[C@H](c2cc3ccccc3cn2)c2[nH]cnc21. The smallest absolute Gasteiger partial charge is 0.292 e. The quantitative estimate of drug-likeness (QED) is 0.451. The second kappa shape index (κ2) is 7.67. The minimum absolute atomic E-state index is 0.0603. The first-order chi connectivity index (χ1) is 16.2. The second-order valence-electron chi connectivity index (χ2n) is 8.16. The van der Waals surface area contributed by atoms with Gasteiger partial charge in [0.2, 0.25) is 11.7 Å². The molecule has 8 heteroatoms. The zero-order valence-electron chi connectivity index (χ0n) is 17.8. The highest BCUT2D eigenvalue weighted by atomic mass is 16.4. The summed E-state index contributed by atoms with van der Waals surface area (Å²) in [6, 6.07) is 15.1. The fraction of sp³-hybridized carbons (Fsp3) is 0.160. The molecule has 1 aromatic carbocycles. The second-order valence-corrected chi connectivity index (χ2v) is 8.16. The first-order valence-electron chi connectivity index (χ1n) is 10.7. The number of aromatic nitrogens is 5. The molecule has 0 fully saturated rings. The number of carbonyl (C=O) groups is 1. The Labute approximate surface area is 189 Å². The maximum atomic E-state index is 13.7. The van der Waals surface area contributed by atoms with E-state index in [2.05, 4.69) is 26.9 Å². The average Bonchev–Trinajstić information content (AvgIpc) is 3.55. The summed E-state index contributed by atoms with van der Waals surface area (Å²) < 4.78 is 5.83. The van der Waals surface area contributed by atoms with E-state index >= 15 is 0 Å². The van der Waals surface area contributed by atoms with Crippen molar-refractivity contribution in [1.29, 1.82) is 0 Å². The van der Waals surface area contributed by atoms with Crippen LogP contribution in [-0.4, -0.2) is 42.3 Å². The van der Waals surface area contributed by atoms with Gasteiger partial charge in [0.15, 0.2) is 0 Å². The van der Waals surface area contributed by atoms with E-state index in [1.807, 2.05) is 48.7 Å². The molecule has 0 unspecified atom stereocenters. The first-order valence-corrected chi connectivity index (χ1v) is 10.7. The summed E-state index contributed by atoms with van der Waals surface area (Å²) in [6.45, 7) is 2.54. The van der Waals surface area contributed by atoms with Gasteiger partial charge in [-0.05, 0) is 23.6 Å². The lowest BCUT2D eigenvalue weighted by molar-refractivity contribution is 0.0638. The van der Waals surface area contributed by atoms with Crippen LogP contribution < -0.4 is 0 Å². The van der Waals surface area contributed by atoms with Crippen LogP contribution in [0.2, 0.25) is 0 Å². The van der Waals surface area contributed by atoms with Crippen molar-refractivity contribution < 1.29 is 9.21 Å². The van der Waals surface area contributed by atoms with Gasteiger partial charge in [0.05, 0.1) is 29.6 Å². The number of carbonyl (C=O) groups excluding carboxylic acids is 1. The van der Waals surface area contributed by atoms with Gasteiger partial charge >= 0.3 is 0 Å². The molecule has 2 atom stereocenters. The van der Waals surface area contributed by atoms with Gasteiger partial charge in [-0.2, -0.15) is 0 Å². The van der Waals surface area contributed by atoms with E-state index in [4.69, 9.17) is 9.40 Å². The molecular formula is C25H20N6O2. The molecule has 8 nitrogen and oxygen atoms in total. The van der Waals surface area contributed by atoms with Gasteiger partial charge in [-0.1, -0.05) is 37.3 Å². The van der Waals surface area contributed by atoms with Gasteiger partial charge in [-0.25, -0.2) is 9.97 Å². The van der Waals surface area contributed by atoms with Crippen molar-refractivity contribution in [3.63, 3.8) is 0 Å². The summed E-state index contributed by atoms with van der Waals surface area (Å²) >= 11 is 0. The summed E-state index contributed by atoms with van der Waals surface area (Å²) in [5, 5.41) is 2.11. The number of nitrogens with zero attached hydrogens (tertiary/aromatic N) is 5. The summed E-state index contributed by atoms with van der Waals surface area (Å²) in [7, 11) is 0. The van der Waals surface area contributed by atoms with Crippen LogP contribution in [-0.2, 0) is 0 Å². The molecule has 0 saturated heterocycles. The summed E-state index contributed by atoms with van der Waals surface area (Å²) in [5.41, 5.74) is 3.16. The Morgan fingerprint density at radius 3 is 2.73 bits per heavy atom. The largest absolute Gasteiger partial charge is 0.429 e. The van der Waals surface area contributed by atoms with E-state index in [9.17, 15) is 4.79 Å². The summed E-state index contributed by atoms with van der Waals surface area (Å²) in [5.74, 6) is 0.282. The number of H-pyrrole nitrogens is 1. The van der Waals surface area contributed by atoms with Crippen molar-refractivity contribution in [3.05, 3.63) is 96.3 Å². The van der Waals surface area contributed by atoms with Crippen molar-refractivity contribution in [2.45, 2.75) is 18.9 Å². The molecule has 0 bridgehead atoms. The van der Waals surface area contributed by atoms with E-state index in [1.54, 1.807) is 23.5 Å². The van der Waals surface area contributed by atoms with Crippen LogP contribution in [0.5, 0.6) is 0 Å².